The number of nitrogens with one attached hydrogen (secondary N) is 1. The molecule has 0 aromatic carbocycles. The Balaban J connectivity index is 1.93. The van der Waals surface area contributed by atoms with E-state index in [-0.39, 0.29) is 0 Å². The summed E-state index contributed by atoms with van der Waals surface area (Å²) in [4.78, 5) is 14.4. The first-order chi connectivity index (χ1) is 8.33. The Morgan fingerprint density at radius 3 is 2.94 bits per heavy atom. The lowest BCUT2D eigenvalue weighted by molar-refractivity contribution is -0.135. The van der Waals surface area contributed by atoms with Gasteiger partial charge in [0.2, 0.25) is 5.91 Å². The van der Waals surface area contributed by atoms with Gasteiger partial charge in [-0.1, -0.05) is 0 Å². The number of carbonyl (C=O) groups is 1. The average molecular weight is 256 g/mol. The Morgan fingerprint density at radius 2 is 2.24 bits per heavy atom. The van der Waals surface area contributed by atoms with Crippen LogP contribution in [0, 0.1) is 0 Å². The van der Waals surface area contributed by atoms with Crippen LogP contribution < -0.4 is 5.32 Å². The summed E-state index contributed by atoms with van der Waals surface area (Å²) in [5.41, 5.74) is 0. The van der Waals surface area contributed by atoms with Gasteiger partial charge in [0.05, 0.1) is 0 Å². The molecule has 3 nitrogen and oxygen atoms in total. The van der Waals surface area contributed by atoms with E-state index in [0.29, 0.717) is 24.4 Å². The molecule has 0 aromatic rings. The fraction of sp³-hybridized carbons (Fsp3) is 0.923. The normalized spacial score (nSPS) is 29.6. The van der Waals surface area contributed by atoms with E-state index in [4.69, 9.17) is 0 Å². The van der Waals surface area contributed by atoms with Crippen LogP contribution in [0.4, 0.5) is 0 Å². The highest BCUT2D eigenvalue weighted by atomic mass is 32.2. The predicted molar refractivity (Wildman–Crippen MR) is 73.4 cm³/mol. The summed E-state index contributed by atoms with van der Waals surface area (Å²) >= 11 is 1.76. The monoisotopic (exact) mass is 256 g/mol. The smallest absolute Gasteiger partial charge is 0.223 e. The first kappa shape index (κ1) is 13.2. The fourth-order valence-corrected chi connectivity index (χ4v) is 3.44. The molecule has 1 N–H and O–H groups in total. The van der Waals surface area contributed by atoms with Crippen molar-refractivity contribution in [3.63, 3.8) is 0 Å². The summed E-state index contributed by atoms with van der Waals surface area (Å²) in [6, 6.07) is 1.04. The molecule has 2 unspecified atom stereocenters. The van der Waals surface area contributed by atoms with Crippen molar-refractivity contribution < 1.29 is 4.79 Å². The van der Waals surface area contributed by atoms with Gasteiger partial charge in [-0.3, -0.25) is 4.79 Å². The van der Waals surface area contributed by atoms with Crippen molar-refractivity contribution in [2.24, 2.45) is 0 Å². The molecular formula is C13H24N2OS. The van der Waals surface area contributed by atoms with Crippen molar-refractivity contribution in [3.8, 4) is 0 Å². The quantitative estimate of drug-likeness (QED) is 0.833. The first-order valence-corrected chi connectivity index (χ1v) is 8.24. The minimum Gasteiger partial charge on any atom is -0.338 e. The zero-order chi connectivity index (χ0) is 12.1. The van der Waals surface area contributed by atoms with E-state index >= 15 is 0 Å². The maximum absolute atomic E-state index is 12.2. The molecule has 2 heterocycles. The van der Waals surface area contributed by atoms with Crippen LogP contribution in [0.15, 0.2) is 0 Å². The second-order valence-electron chi connectivity index (χ2n) is 5.10. The van der Waals surface area contributed by atoms with Gasteiger partial charge in [-0.05, 0) is 44.9 Å². The van der Waals surface area contributed by atoms with Crippen molar-refractivity contribution in [2.45, 2.75) is 50.6 Å². The van der Waals surface area contributed by atoms with E-state index in [1.165, 1.54) is 32.1 Å². The molecule has 2 aliphatic heterocycles. The zero-order valence-electron chi connectivity index (χ0n) is 10.8. The number of piperidine rings is 1. The molecule has 0 aliphatic carbocycles. The fourth-order valence-electron chi connectivity index (χ4n) is 3.06. The van der Waals surface area contributed by atoms with Crippen molar-refractivity contribution in [3.05, 3.63) is 0 Å². The number of likely N-dealkylation sites (tertiary alicyclic amines) is 1. The van der Waals surface area contributed by atoms with Crippen molar-refractivity contribution in [1.82, 2.24) is 10.2 Å². The number of thioether (sulfide) groups is 1. The minimum absolute atomic E-state index is 0.373. The largest absolute Gasteiger partial charge is 0.338 e. The van der Waals surface area contributed by atoms with Gasteiger partial charge in [0, 0.05) is 30.8 Å². The van der Waals surface area contributed by atoms with Gasteiger partial charge in [0.1, 0.15) is 0 Å². The van der Waals surface area contributed by atoms with Gasteiger partial charge in [-0.25, -0.2) is 0 Å². The minimum atomic E-state index is 0.373. The lowest BCUT2D eigenvalue weighted by atomic mass is 9.94. The lowest BCUT2D eigenvalue weighted by Crippen LogP contribution is -2.52. The van der Waals surface area contributed by atoms with E-state index < -0.39 is 0 Å². The lowest BCUT2D eigenvalue weighted by Gasteiger charge is -2.39. The van der Waals surface area contributed by atoms with Crippen LogP contribution in [-0.2, 0) is 4.79 Å². The molecule has 2 fully saturated rings. The van der Waals surface area contributed by atoms with Gasteiger partial charge in [-0.2, -0.15) is 11.8 Å². The highest BCUT2D eigenvalue weighted by Gasteiger charge is 2.33. The topological polar surface area (TPSA) is 32.3 Å². The van der Waals surface area contributed by atoms with Gasteiger partial charge < -0.3 is 10.2 Å². The summed E-state index contributed by atoms with van der Waals surface area (Å²) in [6.45, 7) is 2.12. The number of carbonyl (C=O) groups excluding carboxylic acids is 1. The predicted octanol–water partition coefficient (Wildman–Crippen LogP) is 1.87. The van der Waals surface area contributed by atoms with Gasteiger partial charge in [0.25, 0.3) is 0 Å². The highest BCUT2D eigenvalue weighted by molar-refractivity contribution is 7.98. The Kier molecular flexibility index (Phi) is 5.16. The Labute approximate surface area is 109 Å². The molecule has 0 bridgehead atoms. The Bertz CT molecular complexity index is 254. The van der Waals surface area contributed by atoms with Crippen LogP contribution >= 0.6 is 11.8 Å². The Morgan fingerprint density at radius 1 is 1.35 bits per heavy atom. The molecular weight excluding hydrogens is 232 g/mol. The van der Waals surface area contributed by atoms with Crippen LogP contribution in [0.1, 0.15) is 38.5 Å². The van der Waals surface area contributed by atoms with Crippen LogP contribution in [0.2, 0.25) is 0 Å². The number of nitrogens with zero attached hydrogens (tertiary/aromatic N) is 1. The van der Waals surface area contributed by atoms with Crippen molar-refractivity contribution in [2.75, 3.05) is 25.1 Å². The summed E-state index contributed by atoms with van der Waals surface area (Å²) in [6.07, 6.45) is 8.97. The molecule has 2 aliphatic rings. The molecule has 0 aromatic heterocycles. The third-order valence-electron chi connectivity index (χ3n) is 3.95. The molecule has 1 amide bonds. The molecule has 0 saturated carbocycles. The van der Waals surface area contributed by atoms with Gasteiger partial charge >= 0.3 is 0 Å². The highest BCUT2D eigenvalue weighted by Crippen LogP contribution is 2.25. The van der Waals surface area contributed by atoms with E-state index in [1.54, 1.807) is 11.8 Å². The third kappa shape index (κ3) is 3.38. The molecule has 0 spiro atoms. The molecule has 2 saturated heterocycles. The average Bonchev–Trinajstić information content (AvgIpc) is 2.89. The zero-order valence-corrected chi connectivity index (χ0v) is 11.6. The summed E-state index contributed by atoms with van der Waals surface area (Å²) in [5.74, 6) is 1.33. The van der Waals surface area contributed by atoms with Gasteiger partial charge in [-0.15, -0.1) is 0 Å². The standard InChI is InChI=1S/C13H24N2OS/c1-17-10-7-13(16)15-9-3-2-6-12(15)11-5-4-8-14-11/h11-12,14H,2-10H2,1H3. The summed E-state index contributed by atoms with van der Waals surface area (Å²) < 4.78 is 0. The maximum atomic E-state index is 12.2. The van der Waals surface area contributed by atoms with Crippen LogP contribution in [0.5, 0.6) is 0 Å². The summed E-state index contributed by atoms with van der Waals surface area (Å²) in [7, 11) is 0. The number of amides is 1. The second-order valence-corrected chi connectivity index (χ2v) is 6.08. The first-order valence-electron chi connectivity index (χ1n) is 6.84. The summed E-state index contributed by atoms with van der Waals surface area (Å²) in [5, 5.41) is 3.57. The van der Waals surface area contributed by atoms with Crippen LogP contribution in [0.25, 0.3) is 0 Å². The SMILES string of the molecule is CSCCC(=O)N1CCCCC1C1CCCN1. The molecule has 2 rings (SSSR count). The number of hydrogen-bond donors (Lipinski definition) is 1. The van der Waals surface area contributed by atoms with E-state index in [1.807, 2.05) is 0 Å². The Hall–Kier alpha value is -0.220. The maximum Gasteiger partial charge on any atom is 0.223 e. The van der Waals surface area contributed by atoms with Crippen molar-refractivity contribution in [1.29, 1.82) is 0 Å². The van der Waals surface area contributed by atoms with E-state index in [2.05, 4.69) is 16.5 Å². The molecule has 0 radical (unpaired) electrons. The van der Waals surface area contributed by atoms with Crippen molar-refractivity contribution >= 4 is 17.7 Å². The van der Waals surface area contributed by atoms with Crippen LogP contribution in [0.3, 0.4) is 0 Å². The van der Waals surface area contributed by atoms with E-state index in [9.17, 15) is 4.79 Å². The molecule has 2 atom stereocenters. The van der Waals surface area contributed by atoms with Crippen LogP contribution in [-0.4, -0.2) is 48.0 Å². The van der Waals surface area contributed by atoms with Gasteiger partial charge in [0.15, 0.2) is 0 Å². The third-order valence-corrected chi connectivity index (χ3v) is 4.56. The van der Waals surface area contributed by atoms with E-state index in [0.717, 1.165) is 18.8 Å². The molecule has 17 heavy (non-hydrogen) atoms. The number of rotatable bonds is 4. The molecule has 98 valence electrons. The molecule has 4 heteroatoms. The second kappa shape index (κ2) is 6.64. The number of hydrogen-bond acceptors (Lipinski definition) is 3.